The van der Waals surface area contributed by atoms with Crippen LogP contribution in [0.25, 0.3) is 0 Å². The van der Waals surface area contributed by atoms with Gasteiger partial charge in [-0.1, -0.05) is 6.07 Å². The van der Waals surface area contributed by atoms with Gasteiger partial charge >= 0.3 is 0 Å². The molecule has 1 saturated heterocycles. The fraction of sp³-hybridized carbons (Fsp3) is 0.571. The molecule has 18 heavy (non-hydrogen) atoms. The summed E-state index contributed by atoms with van der Waals surface area (Å²) >= 11 is 3.17. The van der Waals surface area contributed by atoms with Crippen LogP contribution in [0.5, 0.6) is 0 Å². The number of hydrogen-bond acceptors (Lipinski definition) is 2. The molecule has 0 spiro atoms. The molecule has 0 atom stereocenters. The lowest BCUT2D eigenvalue weighted by molar-refractivity contribution is 0.216. The Hall–Kier alpha value is -0.450. The van der Waals surface area contributed by atoms with Crippen LogP contribution >= 0.6 is 15.9 Å². The van der Waals surface area contributed by atoms with Gasteiger partial charge in [0.15, 0.2) is 0 Å². The van der Waals surface area contributed by atoms with Crippen molar-refractivity contribution in [3.8, 4) is 0 Å². The highest BCUT2D eigenvalue weighted by Gasteiger charge is 2.15. The first kappa shape index (κ1) is 14.0. The fourth-order valence-electron chi connectivity index (χ4n) is 2.34. The van der Waals surface area contributed by atoms with Crippen molar-refractivity contribution in [1.29, 1.82) is 0 Å². The molecule has 4 heteroatoms. The minimum Gasteiger partial charge on any atom is -0.312 e. The first-order valence-electron chi connectivity index (χ1n) is 6.48. The molecule has 1 aromatic carbocycles. The molecule has 0 radical (unpaired) electrons. The van der Waals surface area contributed by atoms with Crippen molar-refractivity contribution in [1.82, 2.24) is 10.2 Å². The second kappa shape index (κ2) is 6.64. The van der Waals surface area contributed by atoms with Gasteiger partial charge in [0.05, 0.1) is 4.47 Å². The summed E-state index contributed by atoms with van der Waals surface area (Å²) in [6.45, 7) is 4.17. The molecule has 1 aliphatic heterocycles. The molecule has 1 heterocycles. The minimum absolute atomic E-state index is 0.186. The summed E-state index contributed by atoms with van der Waals surface area (Å²) in [6.07, 6.45) is 2.52. The van der Waals surface area contributed by atoms with E-state index >= 15 is 0 Å². The van der Waals surface area contributed by atoms with E-state index in [1.54, 1.807) is 12.1 Å². The van der Waals surface area contributed by atoms with Gasteiger partial charge < -0.3 is 10.2 Å². The van der Waals surface area contributed by atoms with Gasteiger partial charge in [-0.2, -0.15) is 0 Å². The molecule has 0 unspecified atom stereocenters. The predicted molar refractivity (Wildman–Crippen MR) is 76.0 cm³/mol. The van der Waals surface area contributed by atoms with Crippen molar-refractivity contribution in [3.63, 3.8) is 0 Å². The summed E-state index contributed by atoms with van der Waals surface area (Å²) < 4.78 is 13.9. The number of rotatable bonds is 4. The van der Waals surface area contributed by atoms with Crippen LogP contribution in [0.2, 0.25) is 0 Å². The number of piperidine rings is 1. The summed E-state index contributed by atoms with van der Waals surface area (Å²) in [7, 11) is 2.17. The summed E-state index contributed by atoms with van der Waals surface area (Å²) in [5.41, 5.74) is 1.00. The number of benzene rings is 1. The van der Waals surface area contributed by atoms with Crippen LogP contribution in [0, 0.1) is 11.7 Å². The van der Waals surface area contributed by atoms with Gasteiger partial charge in [0, 0.05) is 6.54 Å². The van der Waals surface area contributed by atoms with E-state index in [0.29, 0.717) is 4.47 Å². The Kier molecular flexibility index (Phi) is 5.15. The number of halogens is 2. The highest BCUT2D eigenvalue weighted by atomic mass is 79.9. The smallest absolute Gasteiger partial charge is 0.137 e. The van der Waals surface area contributed by atoms with Crippen molar-refractivity contribution in [2.45, 2.75) is 19.4 Å². The quantitative estimate of drug-likeness (QED) is 0.919. The van der Waals surface area contributed by atoms with Crippen molar-refractivity contribution >= 4 is 15.9 Å². The molecular formula is C14H20BrFN2. The number of nitrogens with one attached hydrogen (secondary N) is 1. The maximum absolute atomic E-state index is 13.3. The molecule has 0 aromatic heterocycles. The number of nitrogens with zero attached hydrogens (tertiary/aromatic N) is 1. The largest absolute Gasteiger partial charge is 0.312 e. The topological polar surface area (TPSA) is 15.3 Å². The maximum atomic E-state index is 13.3. The molecule has 0 bridgehead atoms. The lowest BCUT2D eigenvalue weighted by Crippen LogP contribution is -2.34. The Bertz CT molecular complexity index is 389. The van der Waals surface area contributed by atoms with Gasteiger partial charge in [-0.25, -0.2) is 4.39 Å². The molecular weight excluding hydrogens is 295 g/mol. The molecule has 0 aliphatic carbocycles. The first-order valence-corrected chi connectivity index (χ1v) is 7.27. The van der Waals surface area contributed by atoms with E-state index in [9.17, 15) is 4.39 Å². The summed E-state index contributed by atoms with van der Waals surface area (Å²) in [5, 5.41) is 3.43. The zero-order valence-corrected chi connectivity index (χ0v) is 12.3. The second-order valence-electron chi connectivity index (χ2n) is 5.13. The van der Waals surface area contributed by atoms with Gasteiger partial charge in [0.1, 0.15) is 5.82 Å². The van der Waals surface area contributed by atoms with Crippen molar-refractivity contribution < 1.29 is 4.39 Å². The summed E-state index contributed by atoms with van der Waals surface area (Å²) in [4.78, 5) is 2.38. The van der Waals surface area contributed by atoms with E-state index in [1.165, 1.54) is 25.9 Å². The SMILES string of the molecule is CN1CCC(CNCc2ccc(Br)c(F)c2)CC1. The highest BCUT2D eigenvalue weighted by molar-refractivity contribution is 9.10. The Morgan fingerprint density at radius 3 is 2.78 bits per heavy atom. The minimum atomic E-state index is -0.186. The van der Waals surface area contributed by atoms with Crippen LogP contribution in [0.15, 0.2) is 22.7 Å². The van der Waals surface area contributed by atoms with E-state index in [-0.39, 0.29) is 5.82 Å². The standard InChI is InChI=1S/C14H20BrFN2/c1-18-6-4-11(5-7-18)9-17-10-12-2-3-13(15)14(16)8-12/h2-3,8,11,17H,4-7,9-10H2,1H3. The Balaban J connectivity index is 1.73. The fourth-order valence-corrected chi connectivity index (χ4v) is 2.58. The normalized spacial score (nSPS) is 18.2. The molecule has 1 aromatic rings. The third-order valence-electron chi connectivity index (χ3n) is 3.58. The average molecular weight is 315 g/mol. The van der Waals surface area contributed by atoms with Crippen LogP contribution in [-0.4, -0.2) is 31.6 Å². The van der Waals surface area contributed by atoms with Crippen LogP contribution in [-0.2, 0) is 6.54 Å². The molecule has 2 nitrogen and oxygen atoms in total. The van der Waals surface area contributed by atoms with Crippen molar-refractivity contribution in [2.75, 3.05) is 26.7 Å². The van der Waals surface area contributed by atoms with E-state index in [1.807, 2.05) is 6.07 Å². The predicted octanol–water partition coefficient (Wildman–Crippen LogP) is 3.02. The van der Waals surface area contributed by atoms with Crippen LogP contribution in [0.3, 0.4) is 0 Å². The Morgan fingerprint density at radius 2 is 2.11 bits per heavy atom. The zero-order chi connectivity index (χ0) is 13.0. The highest BCUT2D eigenvalue weighted by Crippen LogP contribution is 2.17. The molecule has 1 aliphatic rings. The number of hydrogen-bond donors (Lipinski definition) is 1. The average Bonchev–Trinajstić information content (AvgIpc) is 2.36. The van der Waals surface area contributed by atoms with Gasteiger partial charge in [-0.05, 0) is 79.1 Å². The van der Waals surface area contributed by atoms with E-state index in [4.69, 9.17) is 0 Å². The van der Waals surface area contributed by atoms with Gasteiger partial charge in [-0.3, -0.25) is 0 Å². The van der Waals surface area contributed by atoms with E-state index < -0.39 is 0 Å². The monoisotopic (exact) mass is 314 g/mol. The summed E-state index contributed by atoms with van der Waals surface area (Å²) in [5.74, 6) is 0.579. The van der Waals surface area contributed by atoms with Crippen molar-refractivity contribution in [3.05, 3.63) is 34.1 Å². The van der Waals surface area contributed by atoms with Crippen LogP contribution < -0.4 is 5.32 Å². The van der Waals surface area contributed by atoms with Gasteiger partial charge in [-0.15, -0.1) is 0 Å². The Labute approximate surface area is 117 Å². The third-order valence-corrected chi connectivity index (χ3v) is 4.23. The summed E-state index contributed by atoms with van der Waals surface area (Å²) in [6, 6.07) is 5.31. The molecule has 100 valence electrons. The lowest BCUT2D eigenvalue weighted by atomic mass is 9.97. The van der Waals surface area contributed by atoms with Crippen molar-refractivity contribution in [2.24, 2.45) is 5.92 Å². The molecule has 1 fully saturated rings. The molecule has 0 amide bonds. The first-order chi connectivity index (χ1) is 8.65. The second-order valence-corrected chi connectivity index (χ2v) is 5.98. The van der Waals surface area contributed by atoms with Gasteiger partial charge in [0.2, 0.25) is 0 Å². The van der Waals surface area contributed by atoms with E-state index in [2.05, 4.69) is 33.2 Å². The maximum Gasteiger partial charge on any atom is 0.137 e. The molecule has 0 saturated carbocycles. The van der Waals surface area contributed by atoms with Gasteiger partial charge in [0.25, 0.3) is 0 Å². The Morgan fingerprint density at radius 1 is 1.39 bits per heavy atom. The molecule has 1 N–H and O–H groups in total. The molecule has 2 rings (SSSR count). The van der Waals surface area contributed by atoms with Crippen LogP contribution in [0.1, 0.15) is 18.4 Å². The lowest BCUT2D eigenvalue weighted by Gasteiger charge is -2.29. The van der Waals surface area contributed by atoms with E-state index in [0.717, 1.165) is 24.6 Å². The van der Waals surface area contributed by atoms with Crippen LogP contribution in [0.4, 0.5) is 4.39 Å². The number of likely N-dealkylation sites (tertiary alicyclic amines) is 1. The third kappa shape index (κ3) is 4.04. The zero-order valence-electron chi connectivity index (χ0n) is 10.8.